The largest absolute Gasteiger partial charge is 0.392 e. The molecule has 0 heterocycles. The van der Waals surface area contributed by atoms with Crippen molar-refractivity contribution in [2.45, 2.75) is 45.6 Å². The monoisotopic (exact) mass is 184 g/mol. The molecule has 2 nitrogen and oxygen atoms in total. The Bertz CT molecular complexity index is 211. The summed E-state index contributed by atoms with van der Waals surface area (Å²) in [7, 11) is 0. The lowest BCUT2D eigenvalue weighted by Crippen LogP contribution is -2.26. The summed E-state index contributed by atoms with van der Waals surface area (Å²) >= 11 is 0. The molecule has 2 N–H and O–H groups in total. The molecule has 0 saturated heterocycles. The molecule has 0 aromatic rings. The quantitative estimate of drug-likeness (QED) is 0.643. The molecule has 76 valence electrons. The van der Waals surface area contributed by atoms with E-state index in [4.69, 9.17) is 0 Å². The highest BCUT2D eigenvalue weighted by Gasteiger charge is 2.27. The minimum atomic E-state index is -0.858. The molecule has 13 heavy (non-hydrogen) atoms. The van der Waals surface area contributed by atoms with Crippen LogP contribution in [0, 0.1) is 5.92 Å². The van der Waals surface area contributed by atoms with Gasteiger partial charge in [0.15, 0.2) is 0 Å². The lowest BCUT2D eigenvalue weighted by molar-refractivity contribution is 0.102. The molecule has 1 rings (SSSR count). The summed E-state index contributed by atoms with van der Waals surface area (Å²) in [6.45, 7) is 5.65. The molecule has 0 aliphatic heterocycles. The summed E-state index contributed by atoms with van der Waals surface area (Å²) in [5, 5.41) is 19.1. The number of allylic oxidation sites excluding steroid dienone is 1. The maximum atomic E-state index is 9.84. The average molecular weight is 184 g/mol. The standard InChI is InChI=1S/C11H20O2/c1-8-5-4-6-9(8)10(7-12)11(2,3)13/h8,12-13H,4-7H2,1-3H3/b10-9-. The molecule has 0 radical (unpaired) electrons. The predicted octanol–water partition coefficient (Wildman–Crippen LogP) is 1.87. The Morgan fingerprint density at radius 3 is 2.46 bits per heavy atom. The molecular weight excluding hydrogens is 164 g/mol. The van der Waals surface area contributed by atoms with Crippen LogP contribution in [-0.2, 0) is 0 Å². The first-order valence-electron chi connectivity index (χ1n) is 5.02. The Morgan fingerprint density at radius 1 is 1.54 bits per heavy atom. The first-order chi connectivity index (χ1) is 5.96. The van der Waals surface area contributed by atoms with Gasteiger partial charge >= 0.3 is 0 Å². The molecule has 2 heteroatoms. The molecule has 0 spiro atoms. The van der Waals surface area contributed by atoms with Crippen molar-refractivity contribution in [1.29, 1.82) is 0 Å². The summed E-state index contributed by atoms with van der Waals surface area (Å²) in [6, 6.07) is 0. The van der Waals surface area contributed by atoms with Gasteiger partial charge in [0.05, 0.1) is 12.2 Å². The number of aliphatic hydroxyl groups excluding tert-OH is 1. The van der Waals surface area contributed by atoms with Crippen molar-refractivity contribution in [3.63, 3.8) is 0 Å². The normalized spacial score (nSPS) is 27.9. The smallest absolute Gasteiger partial charge is 0.0825 e. The second-order valence-electron chi connectivity index (χ2n) is 4.51. The zero-order chi connectivity index (χ0) is 10.1. The molecular formula is C11H20O2. The number of hydrogen-bond acceptors (Lipinski definition) is 2. The van der Waals surface area contributed by atoms with Crippen LogP contribution in [0.25, 0.3) is 0 Å². The van der Waals surface area contributed by atoms with Crippen LogP contribution in [0.1, 0.15) is 40.0 Å². The minimum Gasteiger partial charge on any atom is -0.392 e. The molecule has 1 fully saturated rings. The van der Waals surface area contributed by atoms with Crippen LogP contribution >= 0.6 is 0 Å². The van der Waals surface area contributed by atoms with Gasteiger partial charge in [0, 0.05) is 0 Å². The number of aliphatic hydroxyl groups is 2. The van der Waals surface area contributed by atoms with Crippen LogP contribution in [0.2, 0.25) is 0 Å². The Labute approximate surface area is 80.3 Å². The minimum absolute atomic E-state index is 0.0107. The topological polar surface area (TPSA) is 40.5 Å². The van der Waals surface area contributed by atoms with E-state index >= 15 is 0 Å². The maximum Gasteiger partial charge on any atom is 0.0825 e. The van der Waals surface area contributed by atoms with Gasteiger partial charge in [-0.05, 0) is 44.6 Å². The third-order valence-electron chi connectivity index (χ3n) is 2.96. The molecule has 1 atom stereocenters. The van der Waals surface area contributed by atoms with E-state index in [1.807, 2.05) is 0 Å². The molecule has 1 saturated carbocycles. The summed E-state index contributed by atoms with van der Waals surface area (Å²) in [5.74, 6) is 0.536. The van der Waals surface area contributed by atoms with Crippen molar-refractivity contribution in [1.82, 2.24) is 0 Å². The van der Waals surface area contributed by atoms with Crippen molar-refractivity contribution in [3.05, 3.63) is 11.1 Å². The maximum absolute atomic E-state index is 9.84. The van der Waals surface area contributed by atoms with Gasteiger partial charge in [-0.1, -0.05) is 12.5 Å². The zero-order valence-electron chi connectivity index (χ0n) is 8.80. The van der Waals surface area contributed by atoms with E-state index in [0.29, 0.717) is 5.92 Å². The third-order valence-corrected chi connectivity index (χ3v) is 2.96. The van der Waals surface area contributed by atoms with Crippen LogP contribution in [0.15, 0.2) is 11.1 Å². The van der Waals surface area contributed by atoms with Crippen molar-refractivity contribution in [2.24, 2.45) is 5.92 Å². The molecule has 1 unspecified atom stereocenters. The first-order valence-corrected chi connectivity index (χ1v) is 5.02. The number of rotatable bonds is 2. The van der Waals surface area contributed by atoms with Crippen LogP contribution in [-0.4, -0.2) is 22.4 Å². The van der Waals surface area contributed by atoms with Gasteiger partial charge in [-0.3, -0.25) is 0 Å². The second-order valence-corrected chi connectivity index (χ2v) is 4.51. The van der Waals surface area contributed by atoms with Crippen LogP contribution in [0.3, 0.4) is 0 Å². The molecule has 0 aromatic heterocycles. The Hall–Kier alpha value is -0.340. The fourth-order valence-corrected chi connectivity index (χ4v) is 2.16. The fraction of sp³-hybridized carbons (Fsp3) is 0.818. The van der Waals surface area contributed by atoms with Gasteiger partial charge in [0.1, 0.15) is 0 Å². The van der Waals surface area contributed by atoms with Crippen molar-refractivity contribution in [2.75, 3.05) is 6.61 Å². The van der Waals surface area contributed by atoms with Crippen molar-refractivity contribution < 1.29 is 10.2 Å². The molecule has 1 aliphatic carbocycles. The highest BCUT2D eigenvalue weighted by atomic mass is 16.3. The van der Waals surface area contributed by atoms with Gasteiger partial charge in [0.25, 0.3) is 0 Å². The Kier molecular flexibility index (Phi) is 3.14. The lowest BCUT2D eigenvalue weighted by atomic mass is 9.89. The molecule has 0 amide bonds. The zero-order valence-corrected chi connectivity index (χ0v) is 8.80. The Balaban J connectivity index is 2.97. The van der Waals surface area contributed by atoms with Gasteiger partial charge in [-0.15, -0.1) is 0 Å². The van der Waals surface area contributed by atoms with Gasteiger partial charge < -0.3 is 10.2 Å². The van der Waals surface area contributed by atoms with Crippen LogP contribution < -0.4 is 0 Å². The predicted molar refractivity (Wildman–Crippen MR) is 53.4 cm³/mol. The van der Waals surface area contributed by atoms with Gasteiger partial charge in [-0.25, -0.2) is 0 Å². The van der Waals surface area contributed by atoms with E-state index < -0.39 is 5.60 Å². The van der Waals surface area contributed by atoms with E-state index in [1.165, 1.54) is 18.4 Å². The summed E-state index contributed by atoms with van der Waals surface area (Å²) in [5.41, 5.74) is 1.25. The van der Waals surface area contributed by atoms with E-state index in [2.05, 4.69) is 6.92 Å². The van der Waals surface area contributed by atoms with Crippen LogP contribution in [0.4, 0.5) is 0 Å². The third kappa shape index (κ3) is 2.32. The van der Waals surface area contributed by atoms with E-state index in [0.717, 1.165) is 12.0 Å². The molecule has 0 aromatic carbocycles. The van der Waals surface area contributed by atoms with Crippen molar-refractivity contribution >= 4 is 0 Å². The molecule has 0 bridgehead atoms. The Morgan fingerprint density at radius 2 is 2.15 bits per heavy atom. The summed E-state index contributed by atoms with van der Waals surface area (Å²) < 4.78 is 0. The number of hydrogen-bond donors (Lipinski definition) is 2. The average Bonchev–Trinajstić information content (AvgIpc) is 2.35. The highest BCUT2D eigenvalue weighted by molar-refractivity contribution is 5.26. The SMILES string of the molecule is CC1CCC/C1=C(\CO)C(C)(C)O. The van der Waals surface area contributed by atoms with E-state index in [-0.39, 0.29) is 6.61 Å². The van der Waals surface area contributed by atoms with Crippen molar-refractivity contribution in [3.8, 4) is 0 Å². The van der Waals surface area contributed by atoms with Gasteiger partial charge in [0.2, 0.25) is 0 Å². The molecule has 1 aliphatic rings. The van der Waals surface area contributed by atoms with E-state index in [9.17, 15) is 10.2 Å². The second kappa shape index (κ2) is 3.81. The summed E-state index contributed by atoms with van der Waals surface area (Å²) in [6.07, 6.45) is 3.42. The van der Waals surface area contributed by atoms with E-state index in [1.54, 1.807) is 13.8 Å². The van der Waals surface area contributed by atoms with Gasteiger partial charge in [-0.2, -0.15) is 0 Å². The highest BCUT2D eigenvalue weighted by Crippen LogP contribution is 2.35. The van der Waals surface area contributed by atoms with Crippen LogP contribution in [0.5, 0.6) is 0 Å². The lowest BCUT2D eigenvalue weighted by Gasteiger charge is -2.24. The first kappa shape index (κ1) is 10.7. The summed E-state index contributed by atoms with van der Waals surface area (Å²) in [4.78, 5) is 0. The fourth-order valence-electron chi connectivity index (χ4n) is 2.16.